The number of nitrogens with zero attached hydrogens (tertiary/aromatic N) is 1. The zero-order valence-corrected chi connectivity index (χ0v) is 17.3. The molecular weight excluding hydrogens is 409 g/mol. The molecular formula is C21H24FN3O4S. The van der Waals surface area contributed by atoms with Gasteiger partial charge in [-0.1, -0.05) is 25.0 Å². The zero-order chi connectivity index (χ0) is 21.5. The van der Waals surface area contributed by atoms with Crippen LogP contribution in [0.3, 0.4) is 0 Å². The Kier molecular flexibility index (Phi) is 7.62. The van der Waals surface area contributed by atoms with E-state index in [9.17, 15) is 23.6 Å². The summed E-state index contributed by atoms with van der Waals surface area (Å²) in [6.07, 6.45) is 5.65. The lowest BCUT2D eigenvalue weighted by Gasteiger charge is -2.13. The van der Waals surface area contributed by atoms with Crippen LogP contribution in [0.2, 0.25) is 0 Å². The Bertz CT molecular complexity index is 850. The number of benzene rings is 1. The largest absolute Gasteiger partial charge is 0.355 e. The van der Waals surface area contributed by atoms with E-state index in [1.807, 2.05) is 0 Å². The summed E-state index contributed by atoms with van der Waals surface area (Å²) in [5.74, 6) is -1.00. The van der Waals surface area contributed by atoms with Crippen LogP contribution in [-0.2, 0) is 14.4 Å². The van der Waals surface area contributed by atoms with Gasteiger partial charge in [-0.2, -0.15) is 0 Å². The Morgan fingerprint density at radius 2 is 1.80 bits per heavy atom. The lowest BCUT2D eigenvalue weighted by atomic mass is 10.1. The normalized spacial score (nSPS) is 18.3. The van der Waals surface area contributed by atoms with Crippen molar-refractivity contribution in [1.29, 1.82) is 0 Å². The van der Waals surface area contributed by atoms with Gasteiger partial charge in [-0.15, -0.1) is 0 Å². The van der Waals surface area contributed by atoms with Crippen molar-refractivity contribution in [3.8, 4) is 0 Å². The third kappa shape index (κ3) is 5.91. The Hall–Kier alpha value is -2.68. The zero-order valence-electron chi connectivity index (χ0n) is 16.5. The predicted octanol–water partition coefficient (Wildman–Crippen LogP) is 2.67. The molecule has 0 spiro atoms. The number of hydrogen-bond donors (Lipinski definition) is 2. The number of hydrogen-bond acceptors (Lipinski definition) is 5. The third-order valence-electron chi connectivity index (χ3n) is 5.08. The van der Waals surface area contributed by atoms with Gasteiger partial charge < -0.3 is 10.6 Å². The molecule has 160 valence electrons. The first kappa shape index (κ1) is 22.0. The van der Waals surface area contributed by atoms with Gasteiger partial charge >= 0.3 is 0 Å². The number of carbonyl (C=O) groups is 4. The van der Waals surface area contributed by atoms with Gasteiger partial charge in [0.25, 0.3) is 11.1 Å². The van der Waals surface area contributed by atoms with Crippen LogP contribution in [0.5, 0.6) is 0 Å². The van der Waals surface area contributed by atoms with Crippen LogP contribution in [0.15, 0.2) is 29.2 Å². The third-order valence-corrected chi connectivity index (χ3v) is 5.98. The minimum absolute atomic E-state index is 0.00561. The molecule has 0 radical (unpaired) electrons. The van der Waals surface area contributed by atoms with Crippen LogP contribution >= 0.6 is 11.8 Å². The molecule has 2 N–H and O–H groups in total. The molecule has 2 fully saturated rings. The van der Waals surface area contributed by atoms with E-state index in [4.69, 9.17) is 0 Å². The fourth-order valence-electron chi connectivity index (χ4n) is 3.43. The number of imide groups is 1. The van der Waals surface area contributed by atoms with Gasteiger partial charge in [0.05, 0.1) is 4.91 Å². The Labute approximate surface area is 178 Å². The van der Waals surface area contributed by atoms with E-state index in [-0.39, 0.29) is 54.5 Å². The molecule has 0 aromatic heterocycles. The van der Waals surface area contributed by atoms with E-state index in [0.29, 0.717) is 5.56 Å². The second kappa shape index (κ2) is 10.4. The summed E-state index contributed by atoms with van der Waals surface area (Å²) in [5.41, 5.74) is 0.620. The molecule has 0 bridgehead atoms. The van der Waals surface area contributed by atoms with Crippen LogP contribution in [0.4, 0.5) is 9.18 Å². The molecule has 1 saturated heterocycles. The molecule has 4 amide bonds. The van der Waals surface area contributed by atoms with Crippen molar-refractivity contribution in [1.82, 2.24) is 15.5 Å². The Morgan fingerprint density at radius 3 is 2.50 bits per heavy atom. The number of halogens is 1. The van der Waals surface area contributed by atoms with Gasteiger partial charge in [0.2, 0.25) is 11.8 Å². The van der Waals surface area contributed by atoms with Crippen LogP contribution in [0.1, 0.15) is 37.7 Å². The van der Waals surface area contributed by atoms with Crippen LogP contribution < -0.4 is 10.6 Å². The second-order valence-corrected chi connectivity index (χ2v) is 8.25. The van der Waals surface area contributed by atoms with E-state index >= 15 is 0 Å². The van der Waals surface area contributed by atoms with Crippen LogP contribution in [0, 0.1) is 11.7 Å². The number of nitrogens with one attached hydrogen (secondary N) is 2. The molecule has 1 aromatic carbocycles. The number of amides is 4. The first-order chi connectivity index (χ1) is 14.4. The second-order valence-electron chi connectivity index (χ2n) is 7.26. The summed E-state index contributed by atoms with van der Waals surface area (Å²) in [7, 11) is 0. The summed E-state index contributed by atoms with van der Waals surface area (Å²) in [6, 6.07) is 5.60. The maximum Gasteiger partial charge on any atom is 0.293 e. The topological polar surface area (TPSA) is 95.6 Å². The SMILES string of the molecule is O=C(CCNC(=O)C1CCCC1)NCCN1C(=O)S/C(=C\c2ccc(F)cc2)C1=O. The first-order valence-electron chi connectivity index (χ1n) is 9.99. The summed E-state index contributed by atoms with van der Waals surface area (Å²) in [5, 5.41) is 5.03. The van der Waals surface area contributed by atoms with Gasteiger partial charge in [-0.25, -0.2) is 4.39 Å². The van der Waals surface area contributed by atoms with Gasteiger partial charge in [0, 0.05) is 32.0 Å². The van der Waals surface area contributed by atoms with Crippen molar-refractivity contribution in [2.24, 2.45) is 5.92 Å². The number of carbonyl (C=O) groups excluding carboxylic acids is 4. The number of thioether (sulfide) groups is 1. The van der Waals surface area contributed by atoms with Crippen LogP contribution in [-0.4, -0.2) is 47.5 Å². The minimum atomic E-state index is -0.438. The predicted molar refractivity (Wildman–Crippen MR) is 112 cm³/mol. The van der Waals surface area contributed by atoms with Gasteiger partial charge in [0.1, 0.15) is 5.82 Å². The average molecular weight is 434 g/mol. The quantitative estimate of drug-likeness (QED) is 0.615. The molecule has 30 heavy (non-hydrogen) atoms. The monoisotopic (exact) mass is 433 g/mol. The summed E-state index contributed by atoms with van der Waals surface area (Å²) < 4.78 is 13.0. The average Bonchev–Trinajstić information content (AvgIpc) is 3.34. The molecule has 1 aromatic rings. The molecule has 3 rings (SSSR count). The Morgan fingerprint density at radius 1 is 1.10 bits per heavy atom. The van der Waals surface area contributed by atoms with Crippen molar-refractivity contribution >= 4 is 40.8 Å². The molecule has 1 saturated carbocycles. The van der Waals surface area contributed by atoms with Crippen molar-refractivity contribution < 1.29 is 23.6 Å². The van der Waals surface area contributed by atoms with Crippen molar-refractivity contribution in [3.63, 3.8) is 0 Å². The number of rotatable bonds is 8. The fraction of sp³-hybridized carbons (Fsp3) is 0.429. The van der Waals surface area contributed by atoms with E-state index in [1.54, 1.807) is 0 Å². The van der Waals surface area contributed by atoms with Crippen LogP contribution in [0.25, 0.3) is 6.08 Å². The lowest BCUT2D eigenvalue weighted by molar-refractivity contribution is -0.126. The summed E-state index contributed by atoms with van der Waals surface area (Å²) in [6.45, 7) is 0.464. The van der Waals surface area contributed by atoms with Gasteiger partial charge in [0.15, 0.2) is 0 Å². The van der Waals surface area contributed by atoms with Crippen molar-refractivity contribution in [3.05, 3.63) is 40.6 Å². The first-order valence-corrected chi connectivity index (χ1v) is 10.8. The highest BCUT2D eigenvalue weighted by Gasteiger charge is 2.34. The molecule has 1 aliphatic heterocycles. The standard InChI is InChI=1S/C21H24FN3O4S/c22-16-7-5-14(6-8-16)13-17-20(28)25(21(29)30-17)12-11-23-18(26)9-10-24-19(27)15-3-1-2-4-15/h5-8,13,15H,1-4,9-12H2,(H,23,26)(H,24,27)/b17-13-. The lowest BCUT2D eigenvalue weighted by Crippen LogP contribution is -2.38. The molecule has 1 heterocycles. The molecule has 7 nitrogen and oxygen atoms in total. The van der Waals surface area contributed by atoms with Gasteiger partial charge in [-0.05, 0) is 48.4 Å². The molecule has 2 aliphatic rings. The van der Waals surface area contributed by atoms with Gasteiger partial charge in [-0.3, -0.25) is 24.1 Å². The fourth-order valence-corrected chi connectivity index (χ4v) is 4.30. The smallest absolute Gasteiger partial charge is 0.293 e. The maximum absolute atomic E-state index is 13.0. The highest BCUT2D eigenvalue weighted by atomic mass is 32.2. The molecule has 9 heteroatoms. The Balaban J connectivity index is 1.39. The minimum Gasteiger partial charge on any atom is -0.355 e. The maximum atomic E-state index is 13.0. The molecule has 1 aliphatic carbocycles. The summed E-state index contributed by atoms with van der Waals surface area (Å²) >= 11 is 0.813. The van der Waals surface area contributed by atoms with E-state index in [0.717, 1.165) is 42.3 Å². The highest BCUT2D eigenvalue weighted by molar-refractivity contribution is 8.18. The summed E-state index contributed by atoms with van der Waals surface area (Å²) in [4.78, 5) is 49.7. The van der Waals surface area contributed by atoms with Crippen molar-refractivity contribution in [2.75, 3.05) is 19.6 Å². The molecule has 0 atom stereocenters. The highest BCUT2D eigenvalue weighted by Crippen LogP contribution is 2.31. The van der Waals surface area contributed by atoms with Crippen molar-refractivity contribution in [2.45, 2.75) is 32.1 Å². The van der Waals surface area contributed by atoms with E-state index < -0.39 is 11.1 Å². The van der Waals surface area contributed by atoms with E-state index in [2.05, 4.69) is 10.6 Å². The van der Waals surface area contributed by atoms with E-state index in [1.165, 1.54) is 30.3 Å². The molecule has 0 unspecified atom stereocenters.